The maximum atomic E-state index is 12.2. The van der Waals surface area contributed by atoms with Crippen molar-refractivity contribution in [1.82, 2.24) is 4.90 Å². The van der Waals surface area contributed by atoms with Crippen LogP contribution in [0.2, 0.25) is 0 Å². The van der Waals surface area contributed by atoms with Crippen molar-refractivity contribution in [2.45, 2.75) is 39.0 Å². The van der Waals surface area contributed by atoms with Crippen LogP contribution in [-0.2, 0) is 11.2 Å². The monoisotopic (exact) mass is 427 g/mol. The maximum absolute atomic E-state index is 12.2. The zero-order chi connectivity index (χ0) is 20.3. The van der Waals surface area contributed by atoms with Crippen LogP contribution in [0.25, 0.3) is 6.08 Å². The Labute approximate surface area is 187 Å². The second-order valence-electron chi connectivity index (χ2n) is 7.94. The van der Waals surface area contributed by atoms with Gasteiger partial charge in [0.05, 0.1) is 6.61 Å². The highest BCUT2D eigenvalue weighted by Gasteiger charge is 2.19. The van der Waals surface area contributed by atoms with Crippen molar-refractivity contribution in [2.24, 2.45) is 5.92 Å². The largest absolute Gasteiger partial charge is 0.494 e. The highest BCUT2D eigenvalue weighted by Crippen LogP contribution is 2.21. The number of benzene rings is 2. The molecular formula is C26H34ClNO2. The smallest absolute Gasteiger partial charge is 0.156 e. The number of halogens is 1. The minimum absolute atomic E-state index is 0. The van der Waals surface area contributed by atoms with E-state index in [0.717, 1.165) is 49.9 Å². The summed E-state index contributed by atoms with van der Waals surface area (Å²) in [5.74, 6) is 1.85. The number of ketones is 1. The van der Waals surface area contributed by atoms with Gasteiger partial charge in [-0.3, -0.25) is 4.79 Å². The molecule has 3 rings (SSSR count). The lowest BCUT2D eigenvalue weighted by molar-refractivity contribution is -0.114. The maximum Gasteiger partial charge on any atom is 0.156 e. The molecule has 0 bridgehead atoms. The lowest BCUT2D eigenvalue weighted by atomic mass is 9.90. The Hall–Kier alpha value is -2.10. The summed E-state index contributed by atoms with van der Waals surface area (Å²) in [5, 5.41) is 0. The Morgan fingerprint density at radius 1 is 1.07 bits per heavy atom. The molecule has 4 heteroatoms. The first kappa shape index (κ1) is 24.2. The second kappa shape index (κ2) is 13.3. The lowest BCUT2D eigenvalue weighted by Gasteiger charge is -2.31. The van der Waals surface area contributed by atoms with E-state index >= 15 is 0 Å². The molecule has 0 radical (unpaired) electrons. The molecule has 0 aromatic heterocycles. The van der Waals surface area contributed by atoms with Crippen LogP contribution in [0.3, 0.4) is 0 Å². The fourth-order valence-electron chi connectivity index (χ4n) is 3.80. The van der Waals surface area contributed by atoms with Crippen molar-refractivity contribution in [2.75, 3.05) is 26.2 Å². The van der Waals surface area contributed by atoms with Crippen molar-refractivity contribution < 1.29 is 9.53 Å². The average Bonchev–Trinajstić information content (AvgIpc) is 2.77. The van der Waals surface area contributed by atoms with Crippen LogP contribution >= 0.6 is 12.4 Å². The van der Waals surface area contributed by atoms with Gasteiger partial charge in [0.15, 0.2) is 5.78 Å². The van der Waals surface area contributed by atoms with Crippen molar-refractivity contribution >= 4 is 24.3 Å². The van der Waals surface area contributed by atoms with E-state index in [2.05, 4.69) is 42.2 Å². The fourth-order valence-corrected chi connectivity index (χ4v) is 3.80. The van der Waals surface area contributed by atoms with Gasteiger partial charge in [-0.25, -0.2) is 0 Å². The first-order valence-electron chi connectivity index (χ1n) is 10.9. The van der Waals surface area contributed by atoms with Gasteiger partial charge in [-0.05, 0) is 74.0 Å². The predicted molar refractivity (Wildman–Crippen MR) is 127 cm³/mol. The molecule has 0 atom stereocenters. The fraction of sp³-hybridized carbons (Fsp3) is 0.423. The molecule has 2 aromatic carbocycles. The van der Waals surface area contributed by atoms with E-state index in [1.807, 2.05) is 30.3 Å². The quantitative estimate of drug-likeness (QED) is 0.447. The van der Waals surface area contributed by atoms with Gasteiger partial charge >= 0.3 is 0 Å². The van der Waals surface area contributed by atoms with Gasteiger partial charge in [0.1, 0.15) is 5.75 Å². The Morgan fingerprint density at radius 3 is 2.43 bits per heavy atom. The number of nitrogens with zero attached hydrogens (tertiary/aromatic N) is 1. The molecular weight excluding hydrogens is 394 g/mol. The summed E-state index contributed by atoms with van der Waals surface area (Å²) >= 11 is 0. The van der Waals surface area contributed by atoms with E-state index in [0.29, 0.717) is 6.42 Å². The number of hydrogen-bond acceptors (Lipinski definition) is 3. The number of carbonyl (C=O) groups excluding carboxylic acids is 1. The van der Waals surface area contributed by atoms with E-state index < -0.39 is 0 Å². The molecule has 30 heavy (non-hydrogen) atoms. The zero-order valence-corrected chi connectivity index (χ0v) is 18.8. The molecule has 1 aliphatic heterocycles. The van der Waals surface area contributed by atoms with Crippen molar-refractivity contribution in [1.29, 1.82) is 0 Å². The molecule has 1 heterocycles. The number of piperidine rings is 1. The van der Waals surface area contributed by atoms with E-state index in [1.165, 1.54) is 24.8 Å². The average molecular weight is 428 g/mol. The van der Waals surface area contributed by atoms with Gasteiger partial charge in [0.2, 0.25) is 0 Å². The summed E-state index contributed by atoms with van der Waals surface area (Å²) in [6.07, 6.45) is 8.84. The summed E-state index contributed by atoms with van der Waals surface area (Å²) in [4.78, 5) is 14.7. The van der Waals surface area contributed by atoms with Crippen LogP contribution in [0.15, 0.2) is 60.7 Å². The molecule has 1 aliphatic rings. The third-order valence-electron chi connectivity index (χ3n) is 5.56. The van der Waals surface area contributed by atoms with E-state index in [9.17, 15) is 4.79 Å². The Bertz CT molecular complexity index is 765. The third kappa shape index (κ3) is 8.33. The molecule has 1 fully saturated rings. The zero-order valence-electron chi connectivity index (χ0n) is 18.0. The summed E-state index contributed by atoms with van der Waals surface area (Å²) in [7, 11) is 0. The number of rotatable bonds is 10. The first-order chi connectivity index (χ1) is 14.2. The van der Waals surface area contributed by atoms with Crippen LogP contribution in [-0.4, -0.2) is 36.9 Å². The number of ether oxygens (including phenoxy) is 1. The van der Waals surface area contributed by atoms with E-state index in [-0.39, 0.29) is 18.2 Å². The molecule has 0 amide bonds. The molecule has 0 aliphatic carbocycles. The number of allylic oxidation sites excluding steroid dienone is 1. The Balaban J connectivity index is 0.00000320. The van der Waals surface area contributed by atoms with Crippen LogP contribution in [0.1, 0.15) is 43.7 Å². The third-order valence-corrected chi connectivity index (χ3v) is 5.56. The lowest BCUT2D eigenvalue weighted by Crippen LogP contribution is -2.35. The summed E-state index contributed by atoms with van der Waals surface area (Å²) in [5.41, 5.74) is 2.47. The molecule has 2 aromatic rings. The van der Waals surface area contributed by atoms with Gasteiger partial charge in [-0.2, -0.15) is 0 Å². The van der Waals surface area contributed by atoms with Crippen molar-refractivity contribution in [3.63, 3.8) is 0 Å². The first-order valence-corrected chi connectivity index (χ1v) is 10.9. The highest BCUT2D eigenvalue weighted by molar-refractivity contribution is 5.93. The molecule has 0 saturated carbocycles. The number of carbonyl (C=O) groups is 1. The Kier molecular flexibility index (Phi) is 10.7. The number of likely N-dealkylation sites (tertiary alicyclic amines) is 1. The van der Waals surface area contributed by atoms with Gasteiger partial charge in [-0.1, -0.05) is 55.5 Å². The Morgan fingerprint density at radius 2 is 1.77 bits per heavy atom. The van der Waals surface area contributed by atoms with Crippen molar-refractivity contribution in [3.8, 4) is 5.75 Å². The summed E-state index contributed by atoms with van der Waals surface area (Å²) in [6.45, 7) is 5.90. The standard InChI is InChI=1S/C26H33NO2.ClH/c1-2-20-29-26-12-9-22(10-13-26)8-11-25(28)16-19-27-17-14-24(15-18-27)21-23-6-4-3-5-7-23;/h3-13,24H,2,14-21H2,1H3;1H. The van der Waals surface area contributed by atoms with Crippen LogP contribution < -0.4 is 4.74 Å². The topological polar surface area (TPSA) is 29.5 Å². The minimum Gasteiger partial charge on any atom is -0.494 e. The van der Waals surface area contributed by atoms with Gasteiger partial charge in [-0.15, -0.1) is 12.4 Å². The summed E-state index contributed by atoms with van der Waals surface area (Å²) < 4.78 is 5.59. The molecule has 0 spiro atoms. The van der Waals surface area contributed by atoms with Gasteiger partial charge in [0, 0.05) is 13.0 Å². The summed E-state index contributed by atoms with van der Waals surface area (Å²) in [6, 6.07) is 18.7. The normalized spacial score (nSPS) is 15.1. The number of hydrogen-bond donors (Lipinski definition) is 0. The van der Waals surface area contributed by atoms with Gasteiger partial charge < -0.3 is 9.64 Å². The molecule has 3 nitrogen and oxygen atoms in total. The highest BCUT2D eigenvalue weighted by atomic mass is 35.5. The molecule has 162 valence electrons. The molecule has 0 N–H and O–H groups in total. The molecule has 0 unspecified atom stereocenters. The van der Waals surface area contributed by atoms with E-state index in [1.54, 1.807) is 6.08 Å². The second-order valence-corrected chi connectivity index (χ2v) is 7.94. The molecule has 1 saturated heterocycles. The van der Waals surface area contributed by atoms with Crippen LogP contribution in [0.4, 0.5) is 0 Å². The SMILES string of the molecule is CCCOc1ccc(C=CC(=O)CCN2CCC(Cc3ccccc3)CC2)cc1.Cl. The van der Waals surface area contributed by atoms with Crippen LogP contribution in [0, 0.1) is 5.92 Å². The predicted octanol–water partition coefficient (Wildman–Crippen LogP) is 5.82. The minimum atomic E-state index is 0. The van der Waals surface area contributed by atoms with Crippen molar-refractivity contribution in [3.05, 3.63) is 71.8 Å². The van der Waals surface area contributed by atoms with E-state index in [4.69, 9.17) is 4.74 Å². The van der Waals surface area contributed by atoms with Crippen LogP contribution in [0.5, 0.6) is 5.75 Å². The van der Waals surface area contributed by atoms with Gasteiger partial charge in [0.25, 0.3) is 0 Å².